The molecule has 2 aliphatic rings. The van der Waals surface area contributed by atoms with Crippen LogP contribution in [0.5, 0.6) is 0 Å². The van der Waals surface area contributed by atoms with Crippen LogP contribution in [0, 0.1) is 23.2 Å². The molecule has 0 amide bonds. The van der Waals surface area contributed by atoms with Crippen LogP contribution in [0.2, 0.25) is 0 Å². The lowest BCUT2D eigenvalue weighted by Crippen LogP contribution is -2.38. The molecule has 2 aliphatic carbocycles. The molecule has 2 bridgehead atoms. The minimum Gasteiger partial charge on any atom is -0.299 e. The SMILES string of the molecule is CC(C)[C@]1(C)C(=O)[C@@H]2CC[C@H]1C2. The van der Waals surface area contributed by atoms with Gasteiger partial charge in [-0.2, -0.15) is 0 Å². The molecule has 2 saturated carbocycles. The fraction of sp³-hybridized carbons (Fsp3) is 0.909. The van der Waals surface area contributed by atoms with Gasteiger partial charge in [0, 0.05) is 11.3 Å². The van der Waals surface area contributed by atoms with E-state index in [0.717, 1.165) is 0 Å². The Hall–Kier alpha value is -0.330. The van der Waals surface area contributed by atoms with Gasteiger partial charge in [0.2, 0.25) is 0 Å². The maximum absolute atomic E-state index is 11.9. The van der Waals surface area contributed by atoms with E-state index < -0.39 is 0 Å². The summed E-state index contributed by atoms with van der Waals surface area (Å²) in [6.07, 6.45) is 3.66. The summed E-state index contributed by atoms with van der Waals surface area (Å²) in [6, 6.07) is 0. The molecule has 0 heterocycles. The van der Waals surface area contributed by atoms with E-state index in [4.69, 9.17) is 0 Å². The highest BCUT2D eigenvalue weighted by atomic mass is 16.1. The Kier molecular flexibility index (Phi) is 1.61. The summed E-state index contributed by atoms with van der Waals surface area (Å²) in [6.45, 7) is 6.57. The Labute approximate surface area is 74.5 Å². The maximum atomic E-state index is 11.9. The number of rotatable bonds is 1. The fourth-order valence-electron chi connectivity index (χ4n) is 3.16. The zero-order valence-corrected chi connectivity index (χ0v) is 8.26. The second kappa shape index (κ2) is 2.34. The van der Waals surface area contributed by atoms with Gasteiger partial charge in [-0.1, -0.05) is 20.8 Å². The summed E-state index contributed by atoms with van der Waals surface area (Å²) in [5.74, 6) is 2.23. The third-order valence-corrected chi connectivity index (χ3v) is 4.38. The van der Waals surface area contributed by atoms with E-state index in [-0.39, 0.29) is 5.41 Å². The van der Waals surface area contributed by atoms with Crippen molar-refractivity contribution in [2.24, 2.45) is 23.2 Å². The summed E-state index contributed by atoms with van der Waals surface area (Å²) < 4.78 is 0. The Balaban J connectivity index is 2.32. The zero-order valence-electron chi connectivity index (χ0n) is 8.26. The fourth-order valence-corrected chi connectivity index (χ4v) is 3.16. The van der Waals surface area contributed by atoms with E-state index in [2.05, 4.69) is 20.8 Å². The first-order valence-electron chi connectivity index (χ1n) is 5.11. The van der Waals surface area contributed by atoms with E-state index in [9.17, 15) is 4.79 Å². The molecule has 12 heavy (non-hydrogen) atoms. The molecule has 0 aromatic carbocycles. The van der Waals surface area contributed by atoms with Crippen molar-refractivity contribution in [3.63, 3.8) is 0 Å². The molecule has 0 spiro atoms. The summed E-state index contributed by atoms with van der Waals surface area (Å²) in [5, 5.41) is 0. The molecule has 0 aromatic rings. The van der Waals surface area contributed by atoms with E-state index in [1.807, 2.05) is 0 Å². The molecular weight excluding hydrogens is 148 g/mol. The zero-order chi connectivity index (χ0) is 8.93. The van der Waals surface area contributed by atoms with Crippen LogP contribution in [0.1, 0.15) is 40.0 Å². The minimum atomic E-state index is 0.0307. The second-order valence-corrected chi connectivity index (χ2v) is 5.01. The van der Waals surface area contributed by atoms with Crippen LogP contribution in [0.4, 0.5) is 0 Å². The molecule has 3 atom stereocenters. The highest BCUT2D eigenvalue weighted by Gasteiger charge is 2.56. The molecule has 1 nitrogen and oxygen atoms in total. The third kappa shape index (κ3) is 0.773. The normalized spacial score (nSPS) is 46.2. The molecule has 0 unspecified atom stereocenters. The number of ketones is 1. The Morgan fingerprint density at radius 1 is 1.42 bits per heavy atom. The first-order valence-corrected chi connectivity index (χ1v) is 5.11. The standard InChI is InChI=1S/C11H18O/c1-7(2)11(3)9-5-4-8(6-9)10(11)12/h7-9H,4-6H2,1-3H3/t8-,9+,11+/m1/s1. The van der Waals surface area contributed by atoms with Crippen LogP contribution in [0.3, 0.4) is 0 Å². The van der Waals surface area contributed by atoms with Crippen molar-refractivity contribution in [1.82, 2.24) is 0 Å². The van der Waals surface area contributed by atoms with Gasteiger partial charge < -0.3 is 0 Å². The number of hydrogen-bond donors (Lipinski definition) is 0. The van der Waals surface area contributed by atoms with E-state index >= 15 is 0 Å². The van der Waals surface area contributed by atoms with Gasteiger partial charge in [-0.15, -0.1) is 0 Å². The van der Waals surface area contributed by atoms with Crippen molar-refractivity contribution >= 4 is 5.78 Å². The number of carbonyl (C=O) groups excluding carboxylic acids is 1. The largest absolute Gasteiger partial charge is 0.299 e. The smallest absolute Gasteiger partial charge is 0.142 e. The predicted molar refractivity (Wildman–Crippen MR) is 48.8 cm³/mol. The van der Waals surface area contributed by atoms with Gasteiger partial charge >= 0.3 is 0 Å². The lowest BCUT2D eigenvalue weighted by atomic mass is 9.67. The van der Waals surface area contributed by atoms with E-state index in [0.29, 0.717) is 23.5 Å². The van der Waals surface area contributed by atoms with Crippen molar-refractivity contribution in [1.29, 1.82) is 0 Å². The number of carbonyl (C=O) groups is 1. The number of hydrogen-bond acceptors (Lipinski definition) is 1. The van der Waals surface area contributed by atoms with Gasteiger partial charge in [-0.25, -0.2) is 0 Å². The monoisotopic (exact) mass is 166 g/mol. The van der Waals surface area contributed by atoms with Crippen LogP contribution in [-0.2, 0) is 4.79 Å². The molecule has 0 saturated heterocycles. The number of fused-ring (bicyclic) bond motifs is 2. The second-order valence-electron chi connectivity index (χ2n) is 5.01. The highest BCUT2D eigenvalue weighted by Crippen LogP contribution is 2.56. The third-order valence-electron chi connectivity index (χ3n) is 4.38. The van der Waals surface area contributed by atoms with Gasteiger partial charge in [0.15, 0.2) is 0 Å². The molecule has 2 rings (SSSR count). The van der Waals surface area contributed by atoms with Crippen LogP contribution < -0.4 is 0 Å². The molecule has 0 aromatic heterocycles. The van der Waals surface area contributed by atoms with E-state index in [1.54, 1.807) is 0 Å². The first kappa shape index (κ1) is 8.28. The van der Waals surface area contributed by atoms with Gasteiger partial charge in [-0.3, -0.25) is 4.79 Å². The average Bonchev–Trinajstić information content (AvgIpc) is 2.55. The Bertz CT molecular complexity index is 219. The van der Waals surface area contributed by atoms with Crippen LogP contribution in [0.15, 0.2) is 0 Å². The van der Waals surface area contributed by atoms with Gasteiger partial charge in [0.05, 0.1) is 0 Å². The Morgan fingerprint density at radius 3 is 2.42 bits per heavy atom. The maximum Gasteiger partial charge on any atom is 0.142 e. The summed E-state index contributed by atoms with van der Waals surface area (Å²) >= 11 is 0. The van der Waals surface area contributed by atoms with Crippen molar-refractivity contribution in [2.75, 3.05) is 0 Å². The molecule has 1 heteroatoms. The molecule has 68 valence electrons. The summed E-state index contributed by atoms with van der Waals surface area (Å²) in [7, 11) is 0. The average molecular weight is 166 g/mol. The molecule has 0 aliphatic heterocycles. The van der Waals surface area contributed by atoms with Crippen molar-refractivity contribution in [2.45, 2.75) is 40.0 Å². The lowest BCUT2D eigenvalue weighted by molar-refractivity contribution is -0.133. The van der Waals surface area contributed by atoms with Crippen LogP contribution >= 0.6 is 0 Å². The first-order chi connectivity index (χ1) is 5.56. The van der Waals surface area contributed by atoms with Gasteiger partial charge in [0.1, 0.15) is 5.78 Å². The summed E-state index contributed by atoms with van der Waals surface area (Å²) in [4.78, 5) is 11.9. The lowest BCUT2D eigenvalue weighted by Gasteiger charge is -2.36. The minimum absolute atomic E-state index is 0.0307. The van der Waals surface area contributed by atoms with E-state index in [1.165, 1.54) is 19.3 Å². The van der Waals surface area contributed by atoms with Crippen molar-refractivity contribution in [3.8, 4) is 0 Å². The van der Waals surface area contributed by atoms with Crippen molar-refractivity contribution < 1.29 is 4.79 Å². The Morgan fingerprint density at radius 2 is 2.08 bits per heavy atom. The molecular formula is C11H18O. The summed E-state index contributed by atoms with van der Waals surface area (Å²) in [5.41, 5.74) is 0.0307. The van der Waals surface area contributed by atoms with Crippen LogP contribution in [0.25, 0.3) is 0 Å². The molecule has 0 N–H and O–H groups in total. The molecule has 2 fully saturated rings. The molecule has 0 radical (unpaired) electrons. The van der Waals surface area contributed by atoms with Crippen LogP contribution in [-0.4, -0.2) is 5.78 Å². The van der Waals surface area contributed by atoms with Gasteiger partial charge in [-0.05, 0) is 31.1 Å². The number of Topliss-reactive ketones (excluding diaryl/α,β-unsaturated/α-hetero) is 1. The topological polar surface area (TPSA) is 17.1 Å². The predicted octanol–water partition coefficient (Wildman–Crippen LogP) is 2.65. The quantitative estimate of drug-likeness (QED) is 0.585. The van der Waals surface area contributed by atoms with Gasteiger partial charge in [0.25, 0.3) is 0 Å². The van der Waals surface area contributed by atoms with Crippen molar-refractivity contribution in [3.05, 3.63) is 0 Å². The highest BCUT2D eigenvalue weighted by molar-refractivity contribution is 5.90.